The molecule has 2 heterocycles. The fourth-order valence-corrected chi connectivity index (χ4v) is 2.95. The lowest BCUT2D eigenvalue weighted by molar-refractivity contribution is 0.207. The summed E-state index contributed by atoms with van der Waals surface area (Å²) in [7, 11) is 0. The second kappa shape index (κ2) is 4.94. The Labute approximate surface area is 95.3 Å². The molecule has 0 bridgehead atoms. The van der Waals surface area contributed by atoms with Crippen LogP contribution in [-0.2, 0) is 0 Å². The zero-order chi connectivity index (χ0) is 10.7. The van der Waals surface area contributed by atoms with Gasteiger partial charge in [0.05, 0.1) is 5.69 Å². The van der Waals surface area contributed by atoms with Crippen LogP contribution < -0.4 is 5.73 Å². The van der Waals surface area contributed by atoms with E-state index in [0.717, 1.165) is 6.54 Å². The molecular weight excluding hydrogens is 206 g/mol. The van der Waals surface area contributed by atoms with Gasteiger partial charge in [0.25, 0.3) is 0 Å². The van der Waals surface area contributed by atoms with Crippen LogP contribution in [0.25, 0.3) is 0 Å². The number of thiazole rings is 1. The molecule has 1 atom stereocenters. The first-order valence-corrected chi connectivity index (χ1v) is 6.61. The van der Waals surface area contributed by atoms with E-state index in [9.17, 15) is 0 Å². The third-order valence-electron chi connectivity index (χ3n) is 3.00. The molecule has 2 N–H and O–H groups in total. The molecule has 15 heavy (non-hydrogen) atoms. The van der Waals surface area contributed by atoms with Crippen molar-refractivity contribution in [2.24, 2.45) is 0 Å². The fraction of sp³-hybridized carbons (Fsp3) is 0.727. The summed E-state index contributed by atoms with van der Waals surface area (Å²) in [4.78, 5) is 6.94. The first kappa shape index (κ1) is 10.9. The van der Waals surface area contributed by atoms with Gasteiger partial charge >= 0.3 is 0 Å². The van der Waals surface area contributed by atoms with E-state index in [1.807, 2.05) is 0 Å². The van der Waals surface area contributed by atoms with Crippen LogP contribution in [0.2, 0.25) is 0 Å². The van der Waals surface area contributed by atoms with Crippen molar-refractivity contribution in [3.05, 3.63) is 11.1 Å². The summed E-state index contributed by atoms with van der Waals surface area (Å²) < 4.78 is 0. The molecule has 1 aromatic heterocycles. The number of nitrogen functional groups attached to an aromatic ring is 1. The molecule has 0 saturated carbocycles. The lowest BCUT2D eigenvalue weighted by Gasteiger charge is -2.31. The van der Waals surface area contributed by atoms with Crippen molar-refractivity contribution < 1.29 is 0 Å². The molecular formula is C11H19N3S. The molecule has 0 aliphatic carbocycles. The highest BCUT2D eigenvalue weighted by molar-refractivity contribution is 7.13. The van der Waals surface area contributed by atoms with Gasteiger partial charge in [-0.15, -0.1) is 11.3 Å². The van der Waals surface area contributed by atoms with Gasteiger partial charge in [0.2, 0.25) is 0 Å². The lowest BCUT2D eigenvalue weighted by atomic mass is 9.95. The molecule has 0 radical (unpaired) electrons. The SMILES string of the molecule is CCCN1CCC[C@@H](c2csc(N)n2)C1. The van der Waals surface area contributed by atoms with E-state index >= 15 is 0 Å². The molecule has 0 amide bonds. The zero-order valence-corrected chi connectivity index (χ0v) is 10.1. The molecule has 0 aromatic carbocycles. The monoisotopic (exact) mass is 225 g/mol. The first-order valence-electron chi connectivity index (χ1n) is 5.73. The maximum absolute atomic E-state index is 5.67. The minimum atomic E-state index is 0.610. The molecule has 1 aromatic rings. The van der Waals surface area contributed by atoms with Crippen molar-refractivity contribution in [3.63, 3.8) is 0 Å². The Kier molecular flexibility index (Phi) is 3.59. The van der Waals surface area contributed by atoms with Crippen molar-refractivity contribution in [1.29, 1.82) is 0 Å². The maximum Gasteiger partial charge on any atom is 0.180 e. The van der Waals surface area contributed by atoms with Crippen LogP contribution in [0.5, 0.6) is 0 Å². The summed E-state index contributed by atoms with van der Waals surface area (Å²) in [6, 6.07) is 0. The van der Waals surface area contributed by atoms with Gasteiger partial charge in [-0.05, 0) is 32.4 Å². The largest absolute Gasteiger partial charge is 0.375 e. The highest BCUT2D eigenvalue weighted by Gasteiger charge is 2.22. The molecule has 4 heteroatoms. The summed E-state index contributed by atoms with van der Waals surface area (Å²) >= 11 is 1.56. The second-order valence-electron chi connectivity index (χ2n) is 4.25. The number of piperidine rings is 1. The van der Waals surface area contributed by atoms with Gasteiger partial charge in [0.15, 0.2) is 5.13 Å². The maximum atomic E-state index is 5.67. The van der Waals surface area contributed by atoms with E-state index in [0.29, 0.717) is 11.0 Å². The van der Waals surface area contributed by atoms with Crippen molar-refractivity contribution in [2.75, 3.05) is 25.4 Å². The summed E-state index contributed by atoms with van der Waals surface area (Å²) in [5.41, 5.74) is 6.88. The van der Waals surface area contributed by atoms with Crippen LogP contribution in [0.15, 0.2) is 5.38 Å². The quantitative estimate of drug-likeness (QED) is 0.858. The number of anilines is 1. The van der Waals surface area contributed by atoms with Crippen molar-refractivity contribution >= 4 is 16.5 Å². The molecule has 0 spiro atoms. The van der Waals surface area contributed by atoms with Gasteiger partial charge in [-0.3, -0.25) is 0 Å². The van der Waals surface area contributed by atoms with Gasteiger partial charge in [0, 0.05) is 17.8 Å². The fourth-order valence-electron chi connectivity index (χ4n) is 2.30. The number of nitrogens with zero attached hydrogens (tertiary/aromatic N) is 2. The van der Waals surface area contributed by atoms with Gasteiger partial charge in [0.1, 0.15) is 0 Å². The van der Waals surface area contributed by atoms with E-state index in [-0.39, 0.29) is 0 Å². The topological polar surface area (TPSA) is 42.1 Å². The van der Waals surface area contributed by atoms with Crippen LogP contribution in [0.4, 0.5) is 5.13 Å². The Hall–Kier alpha value is -0.610. The molecule has 1 fully saturated rings. The molecule has 1 aliphatic heterocycles. The Morgan fingerprint density at radius 1 is 1.67 bits per heavy atom. The van der Waals surface area contributed by atoms with Crippen molar-refractivity contribution in [3.8, 4) is 0 Å². The van der Waals surface area contributed by atoms with E-state index < -0.39 is 0 Å². The van der Waals surface area contributed by atoms with Gasteiger partial charge in [-0.1, -0.05) is 6.92 Å². The Bertz CT molecular complexity index is 309. The molecule has 2 rings (SSSR count). The lowest BCUT2D eigenvalue weighted by Crippen LogP contribution is -2.34. The summed E-state index contributed by atoms with van der Waals surface area (Å²) in [5.74, 6) is 0.610. The number of rotatable bonds is 3. The van der Waals surface area contributed by atoms with Crippen molar-refractivity contribution in [1.82, 2.24) is 9.88 Å². The summed E-state index contributed by atoms with van der Waals surface area (Å²) in [6.07, 6.45) is 3.80. The molecule has 0 unspecified atom stereocenters. The highest BCUT2D eigenvalue weighted by atomic mass is 32.1. The molecule has 84 valence electrons. The first-order chi connectivity index (χ1) is 7.29. The van der Waals surface area contributed by atoms with Crippen LogP contribution >= 0.6 is 11.3 Å². The van der Waals surface area contributed by atoms with Crippen LogP contribution in [-0.4, -0.2) is 29.5 Å². The number of likely N-dealkylation sites (tertiary alicyclic amines) is 1. The average Bonchev–Trinajstić information content (AvgIpc) is 2.66. The van der Waals surface area contributed by atoms with Crippen LogP contribution in [0.1, 0.15) is 37.8 Å². The van der Waals surface area contributed by atoms with E-state index in [1.165, 1.54) is 38.0 Å². The minimum absolute atomic E-state index is 0.610. The third-order valence-corrected chi connectivity index (χ3v) is 3.70. The smallest absolute Gasteiger partial charge is 0.180 e. The zero-order valence-electron chi connectivity index (χ0n) is 9.28. The molecule has 1 saturated heterocycles. The predicted molar refractivity (Wildman–Crippen MR) is 65.2 cm³/mol. The van der Waals surface area contributed by atoms with E-state index in [1.54, 1.807) is 11.3 Å². The predicted octanol–water partition coefficient (Wildman–Crippen LogP) is 2.31. The molecule has 1 aliphatic rings. The van der Waals surface area contributed by atoms with Crippen LogP contribution in [0, 0.1) is 0 Å². The van der Waals surface area contributed by atoms with Crippen LogP contribution in [0.3, 0.4) is 0 Å². The van der Waals surface area contributed by atoms with Crippen molar-refractivity contribution in [2.45, 2.75) is 32.1 Å². The second-order valence-corrected chi connectivity index (χ2v) is 5.14. The van der Waals surface area contributed by atoms with Gasteiger partial charge < -0.3 is 10.6 Å². The Morgan fingerprint density at radius 2 is 2.53 bits per heavy atom. The number of hydrogen-bond acceptors (Lipinski definition) is 4. The number of hydrogen-bond donors (Lipinski definition) is 1. The Balaban J connectivity index is 1.98. The third kappa shape index (κ3) is 2.69. The minimum Gasteiger partial charge on any atom is -0.375 e. The van der Waals surface area contributed by atoms with E-state index in [4.69, 9.17) is 5.73 Å². The Morgan fingerprint density at radius 3 is 3.20 bits per heavy atom. The standard InChI is InChI=1S/C11H19N3S/c1-2-5-14-6-3-4-9(7-14)10-8-15-11(12)13-10/h8-9H,2-7H2,1H3,(H2,12,13)/t9-/m1/s1. The van der Waals surface area contributed by atoms with E-state index in [2.05, 4.69) is 22.2 Å². The summed E-state index contributed by atoms with van der Waals surface area (Å²) in [6.45, 7) is 5.88. The van der Waals surface area contributed by atoms with Gasteiger partial charge in [-0.25, -0.2) is 4.98 Å². The summed E-state index contributed by atoms with van der Waals surface area (Å²) in [5, 5.41) is 2.83. The number of aromatic nitrogens is 1. The molecule has 3 nitrogen and oxygen atoms in total. The average molecular weight is 225 g/mol. The normalized spacial score (nSPS) is 23.1. The number of nitrogens with two attached hydrogens (primary N) is 1. The highest BCUT2D eigenvalue weighted by Crippen LogP contribution is 2.28. The van der Waals surface area contributed by atoms with Gasteiger partial charge in [-0.2, -0.15) is 0 Å².